The molecule has 1 aliphatic heterocycles. The van der Waals surface area contributed by atoms with E-state index in [1.165, 1.54) is 4.90 Å². The van der Waals surface area contributed by atoms with Crippen molar-refractivity contribution in [3.8, 4) is 0 Å². The van der Waals surface area contributed by atoms with E-state index in [-0.39, 0.29) is 23.4 Å². The fraction of sp³-hybridized carbons (Fsp3) is 0.857. The number of hydrogen-bond donors (Lipinski definition) is 1. The largest absolute Gasteiger partial charge is 0.466 e. The van der Waals surface area contributed by atoms with Crippen molar-refractivity contribution >= 4 is 12.1 Å². The van der Waals surface area contributed by atoms with Crippen molar-refractivity contribution in [3.05, 3.63) is 0 Å². The highest BCUT2D eigenvalue weighted by atomic mass is 16.5. The first-order valence-electron chi connectivity index (χ1n) is 7.22. The minimum Gasteiger partial charge on any atom is -0.466 e. The van der Waals surface area contributed by atoms with Gasteiger partial charge in [0.2, 0.25) is 0 Å². The normalized spacial score (nSPS) is 30.1. The number of amides is 1. The fourth-order valence-corrected chi connectivity index (χ4v) is 2.70. The lowest BCUT2D eigenvalue weighted by molar-refractivity contribution is -0.146. The SMILES string of the molecule is CCOC(=O)C1CC1(C)COC1CCN(C(=O)O)CC1. The molecule has 1 heterocycles. The quantitative estimate of drug-likeness (QED) is 0.779. The van der Waals surface area contributed by atoms with Gasteiger partial charge in [-0.3, -0.25) is 4.79 Å². The maximum absolute atomic E-state index is 11.6. The molecule has 2 aliphatic rings. The Balaban J connectivity index is 1.69. The van der Waals surface area contributed by atoms with Gasteiger partial charge in [-0.2, -0.15) is 0 Å². The molecule has 2 rings (SSSR count). The second kappa shape index (κ2) is 5.99. The van der Waals surface area contributed by atoms with E-state index in [0.717, 1.165) is 19.3 Å². The molecule has 0 aromatic carbocycles. The molecule has 0 aromatic rings. The summed E-state index contributed by atoms with van der Waals surface area (Å²) in [7, 11) is 0. The van der Waals surface area contributed by atoms with Crippen molar-refractivity contribution in [1.29, 1.82) is 0 Å². The van der Waals surface area contributed by atoms with Gasteiger partial charge in [0.1, 0.15) is 0 Å². The van der Waals surface area contributed by atoms with Gasteiger partial charge in [0.15, 0.2) is 0 Å². The summed E-state index contributed by atoms with van der Waals surface area (Å²) in [5, 5.41) is 8.87. The molecule has 1 amide bonds. The molecule has 0 bridgehead atoms. The van der Waals surface area contributed by atoms with Crippen LogP contribution in [0.1, 0.15) is 33.1 Å². The first-order valence-corrected chi connectivity index (χ1v) is 7.22. The number of ether oxygens (including phenoxy) is 2. The number of likely N-dealkylation sites (tertiary alicyclic amines) is 1. The Bertz CT molecular complexity index is 378. The monoisotopic (exact) mass is 285 g/mol. The Morgan fingerprint density at radius 1 is 1.35 bits per heavy atom. The average Bonchev–Trinajstić information content (AvgIpc) is 3.10. The second-order valence-electron chi connectivity index (χ2n) is 5.94. The van der Waals surface area contributed by atoms with E-state index in [2.05, 4.69) is 0 Å². The first kappa shape index (κ1) is 15.1. The van der Waals surface area contributed by atoms with E-state index in [1.807, 2.05) is 13.8 Å². The van der Waals surface area contributed by atoms with Gasteiger partial charge in [0, 0.05) is 18.5 Å². The van der Waals surface area contributed by atoms with Crippen molar-refractivity contribution in [2.75, 3.05) is 26.3 Å². The third-order valence-corrected chi connectivity index (χ3v) is 4.28. The molecule has 20 heavy (non-hydrogen) atoms. The van der Waals surface area contributed by atoms with Crippen LogP contribution in [-0.4, -0.2) is 54.5 Å². The van der Waals surface area contributed by atoms with E-state index in [0.29, 0.717) is 26.3 Å². The number of carbonyl (C=O) groups is 2. The van der Waals surface area contributed by atoms with Crippen LogP contribution >= 0.6 is 0 Å². The molecule has 0 spiro atoms. The van der Waals surface area contributed by atoms with Gasteiger partial charge in [-0.05, 0) is 26.2 Å². The standard InChI is InChI=1S/C14H23NO5/c1-3-19-12(16)11-8-14(11,2)9-20-10-4-6-15(7-5-10)13(17)18/h10-11H,3-9H2,1-2H3,(H,17,18). The maximum Gasteiger partial charge on any atom is 0.407 e. The lowest BCUT2D eigenvalue weighted by Crippen LogP contribution is -2.40. The molecule has 2 atom stereocenters. The highest BCUT2D eigenvalue weighted by molar-refractivity contribution is 5.76. The molecule has 2 unspecified atom stereocenters. The Hall–Kier alpha value is -1.30. The van der Waals surface area contributed by atoms with Gasteiger partial charge in [0.25, 0.3) is 0 Å². The molecular weight excluding hydrogens is 262 g/mol. The molecule has 2 fully saturated rings. The van der Waals surface area contributed by atoms with Crippen molar-refractivity contribution in [2.45, 2.75) is 39.2 Å². The second-order valence-corrected chi connectivity index (χ2v) is 5.94. The number of piperidine rings is 1. The molecule has 6 heteroatoms. The Labute approximate surface area is 119 Å². The van der Waals surface area contributed by atoms with Gasteiger partial charge in [-0.15, -0.1) is 0 Å². The van der Waals surface area contributed by atoms with Crippen LogP contribution in [0.4, 0.5) is 4.79 Å². The van der Waals surface area contributed by atoms with Crippen LogP contribution in [0.5, 0.6) is 0 Å². The predicted molar refractivity (Wildman–Crippen MR) is 71.4 cm³/mol. The van der Waals surface area contributed by atoms with Gasteiger partial charge in [0.05, 0.1) is 25.2 Å². The van der Waals surface area contributed by atoms with E-state index in [4.69, 9.17) is 14.6 Å². The summed E-state index contributed by atoms with van der Waals surface area (Å²) in [5.41, 5.74) is -0.101. The van der Waals surface area contributed by atoms with Gasteiger partial charge in [-0.1, -0.05) is 6.92 Å². The van der Waals surface area contributed by atoms with Gasteiger partial charge < -0.3 is 19.5 Å². The zero-order chi connectivity index (χ0) is 14.8. The van der Waals surface area contributed by atoms with E-state index in [1.54, 1.807) is 0 Å². The smallest absolute Gasteiger partial charge is 0.407 e. The van der Waals surface area contributed by atoms with Crippen LogP contribution in [0.2, 0.25) is 0 Å². The predicted octanol–water partition coefficient (Wildman–Crippen LogP) is 1.73. The highest BCUT2D eigenvalue weighted by Crippen LogP contribution is 2.53. The third kappa shape index (κ3) is 3.42. The van der Waals surface area contributed by atoms with Crippen LogP contribution in [0.15, 0.2) is 0 Å². The number of esters is 1. The van der Waals surface area contributed by atoms with Crippen molar-refractivity contribution < 1.29 is 24.2 Å². The molecule has 114 valence electrons. The molecule has 0 radical (unpaired) electrons. The maximum atomic E-state index is 11.6. The van der Waals surface area contributed by atoms with E-state index < -0.39 is 6.09 Å². The Morgan fingerprint density at radius 2 is 2.00 bits per heavy atom. The third-order valence-electron chi connectivity index (χ3n) is 4.28. The minimum absolute atomic E-state index is 0.0402. The first-order chi connectivity index (χ1) is 9.46. The molecule has 1 N–H and O–H groups in total. The molecule has 1 saturated carbocycles. The van der Waals surface area contributed by atoms with E-state index >= 15 is 0 Å². The van der Waals surface area contributed by atoms with Crippen LogP contribution in [-0.2, 0) is 14.3 Å². The summed E-state index contributed by atoms with van der Waals surface area (Å²) in [6.07, 6.45) is 1.52. The van der Waals surface area contributed by atoms with Crippen LogP contribution < -0.4 is 0 Å². The lowest BCUT2D eigenvalue weighted by Gasteiger charge is -2.30. The molecule has 1 saturated heterocycles. The average molecular weight is 285 g/mol. The van der Waals surface area contributed by atoms with Crippen LogP contribution in [0.3, 0.4) is 0 Å². The Morgan fingerprint density at radius 3 is 2.55 bits per heavy atom. The van der Waals surface area contributed by atoms with Crippen LogP contribution in [0, 0.1) is 11.3 Å². The van der Waals surface area contributed by atoms with Crippen molar-refractivity contribution in [3.63, 3.8) is 0 Å². The zero-order valence-electron chi connectivity index (χ0n) is 12.1. The Kier molecular flexibility index (Phi) is 4.52. The van der Waals surface area contributed by atoms with Crippen molar-refractivity contribution in [2.24, 2.45) is 11.3 Å². The highest BCUT2D eigenvalue weighted by Gasteiger charge is 2.55. The van der Waals surface area contributed by atoms with Gasteiger partial charge in [-0.25, -0.2) is 4.79 Å². The number of carbonyl (C=O) groups excluding carboxylic acids is 1. The zero-order valence-corrected chi connectivity index (χ0v) is 12.1. The summed E-state index contributed by atoms with van der Waals surface area (Å²) >= 11 is 0. The summed E-state index contributed by atoms with van der Waals surface area (Å²) in [6, 6.07) is 0. The van der Waals surface area contributed by atoms with E-state index in [9.17, 15) is 9.59 Å². The van der Waals surface area contributed by atoms with Crippen molar-refractivity contribution in [1.82, 2.24) is 4.90 Å². The lowest BCUT2D eigenvalue weighted by atomic mass is 10.1. The fourth-order valence-electron chi connectivity index (χ4n) is 2.70. The molecule has 1 aliphatic carbocycles. The topological polar surface area (TPSA) is 76.1 Å². The molecule has 6 nitrogen and oxygen atoms in total. The summed E-state index contributed by atoms with van der Waals surface area (Å²) < 4.78 is 10.9. The summed E-state index contributed by atoms with van der Waals surface area (Å²) in [6.45, 7) is 5.87. The summed E-state index contributed by atoms with van der Waals surface area (Å²) in [4.78, 5) is 23.9. The van der Waals surface area contributed by atoms with Gasteiger partial charge >= 0.3 is 12.1 Å². The summed E-state index contributed by atoms with van der Waals surface area (Å²) in [5.74, 6) is -0.166. The number of carboxylic acid groups (broad SMARTS) is 1. The molecular formula is C14H23NO5. The van der Waals surface area contributed by atoms with Crippen LogP contribution in [0.25, 0.3) is 0 Å². The number of rotatable bonds is 5. The minimum atomic E-state index is -0.861. The number of hydrogen-bond acceptors (Lipinski definition) is 4. The number of nitrogens with zero attached hydrogens (tertiary/aromatic N) is 1. The molecule has 0 aromatic heterocycles.